The predicted molar refractivity (Wildman–Crippen MR) is 77.2 cm³/mol. The van der Waals surface area contributed by atoms with Gasteiger partial charge in [0.25, 0.3) is 11.8 Å². The number of carbonyl (C=O) groups is 2. The Kier molecular flexibility index (Phi) is 3.97. The Morgan fingerprint density at radius 2 is 2.20 bits per heavy atom. The quantitative estimate of drug-likeness (QED) is 0.918. The second-order valence-electron chi connectivity index (χ2n) is 5.12. The summed E-state index contributed by atoms with van der Waals surface area (Å²) in [7, 11) is 1.69. The second-order valence-corrected chi connectivity index (χ2v) is 5.12. The Labute approximate surface area is 118 Å². The van der Waals surface area contributed by atoms with Gasteiger partial charge in [-0.25, -0.2) is 0 Å². The van der Waals surface area contributed by atoms with E-state index in [1.807, 2.05) is 13.8 Å². The van der Waals surface area contributed by atoms with E-state index >= 15 is 0 Å². The minimum atomic E-state index is -0.493. The number of nitrogens with one attached hydrogen (secondary N) is 1. The molecule has 2 rings (SSSR count). The van der Waals surface area contributed by atoms with E-state index in [-0.39, 0.29) is 17.9 Å². The van der Waals surface area contributed by atoms with Crippen LogP contribution in [0, 0.1) is 0 Å². The number of anilines is 1. The third-order valence-corrected chi connectivity index (χ3v) is 3.55. The molecule has 1 aromatic rings. The van der Waals surface area contributed by atoms with E-state index in [4.69, 9.17) is 4.74 Å². The molecule has 0 radical (unpaired) electrons. The number of carbonyl (C=O) groups excluding carboxylic acids is 2. The lowest BCUT2D eigenvalue weighted by Gasteiger charge is -2.30. The molecule has 2 unspecified atom stereocenters. The summed E-state index contributed by atoms with van der Waals surface area (Å²) in [5.41, 5.74) is 1.16. The molecule has 1 aliphatic heterocycles. The van der Waals surface area contributed by atoms with Gasteiger partial charge in [-0.2, -0.15) is 0 Å². The summed E-state index contributed by atoms with van der Waals surface area (Å²) in [6, 6.07) is 5.26. The maximum absolute atomic E-state index is 12.1. The third kappa shape index (κ3) is 2.61. The topological polar surface area (TPSA) is 58.6 Å². The summed E-state index contributed by atoms with van der Waals surface area (Å²) in [5, 5.41) is 2.90. The lowest BCUT2D eigenvalue weighted by molar-refractivity contribution is -0.125. The smallest absolute Gasteiger partial charge is 0.267 e. The molecule has 2 amide bonds. The summed E-state index contributed by atoms with van der Waals surface area (Å²) in [4.78, 5) is 25.5. The van der Waals surface area contributed by atoms with Crippen molar-refractivity contribution in [3.8, 4) is 5.75 Å². The van der Waals surface area contributed by atoms with E-state index in [1.54, 1.807) is 32.2 Å². The van der Waals surface area contributed by atoms with Gasteiger partial charge in [0.2, 0.25) is 0 Å². The molecular formula is C15H20N2O3. The van der Waals surface area contributed by atoms with Crippen molar-refractivity contribution in [2.45, 2.75) is 39.3 Å². The lowest BCUT2D eigenvalue weighted by Crippen LogP contribution is -2.42. The van der Waals surface area contributed by atoms with Crippen LogP contribution in [0.4, 0.5) is 5.69 Å². The number of amides is 2. The van der Waals surface area contributed by atoms with Gasteiger partial charge in [0.15, 0.2) is 6.10 Å². The van der Waals surface area contributed by atoms with E-state index in [0.717, 1.165) is 6.42 Å². The number of benzene rings is 1. The van der Waals surface area contributed by atoms with E-state index in [1.165, 1.54) is 4.90 Å². The monoisotopic (exact) mass is 276 g/mol. The molecule has 0 aromatic heterocycles. The zero-order valence-corrected chi connectivity index (χ0v) is 12.3. The summed E-state index contributed by atoms with van der Waals surface area (Å²) >= 11 is 0. The van der Waals surface area contributed by atoms with Gasteiger partial charge in [0, 0.05) is 18.7 Å². The van der Waals surface area contributed by atoms with E-state index in [9.17, 15) is 9.59 Å². The molecule has 0 fully saturated rings. The first kappa shape index (κ1) is 14.4. The summed E-state index contributed by atoms with van der Waals surface area (Å²) in [5.74, 6) is 0.373. The molecule has 20 heavy (non-hydrogen) atoms. The molecule has 1 aromatic carbocycles. The Balaban J connectivity index is 2.28. The first-order valence-electron chi connectivity index (χ1n) is 6.83. The van der Waals surface area contributed by atoms with Crippen LogP contribution in [0.1, 0.15) is 37.6 Å². The van der Waals surface area contributed by atoms with Gasteiger partial charge in [-0.1, -0.05) is 6.92 Å². The Hall–Kier alpha value is -2.04. The summed E-state index contributed by atoms with van der Waals surface area (Å²) < 4.78 is 5.53. The van der Waals surface area contributed by atoms with Gasteiger partial charge in [-0.15, -0.1) is 0 Å². The highest BCUT2D eigenvalue weighted by atomic mass is 16.5. The maximum atomic E-state index is 12.1. The van der Waals surface area contributed by atoms with Crippen molar-refractivity contribution in [3.05, 3.63) is 23.8 Å². The van der Waals surface area contributed by atoms with Crippen LogP contribution in [0.3, 0.4) is 0 Å². The molecule has 0 saturated carbocycles. The molecule has 0 bridgehead atoms. The van der Waals surface area contributed by atoms with Gasteiger partial charge in [0.1, 0.15) is 5.75 Å². The highest BCUT2D eigenvalue weighted by Gasteiger charge is 2.29. The SMILES string of the molecule is CCC(C)NC(=O)c1ccc2c(c1)N(C)C(=O)C(C)O2. The van der Waals surface area contributed by atoms with Crippen LogP contribution in [0.25, 0.3) is 0 Å². The van der Waals surface area contributed by atoms with E-state index in [0.29, 0.717) is 17.0 Å². The largest absolute Gasteiger partial charge is 0.479 e. The van der Waals surface area contributed by atoms with Crippen LogP contribution >= 0.6 is 0 Å². The van der Waals surface area contributed by atoms with Crippen LogP contribution in [-0.4, -0.2) is 31.0 Å². The van der Waals surface area contributed by atoms with Gasteiger partial charge in [-0.05, 0) is 38.5 Å². The molecular weight excluding hydrogens is 256 g/mol. The van der Waals surface area contributed by atoms with Crippen molar-refractivity contribution in [2.24, 2.45) is 0 Å². The predicted octanol–water partition coefficient (Wildman–Crippen LogP) is 1.96. The molecule has 1 heterocycles. The normalized spacial score (nSPS) is 19.1. The van der Waals surface area contributed by atoms with Gasteiger partial charge >= 0.3 is 0 Å². The lowest BCUT2D eigenvalue weighted by atomic mass is 10.1. The van der Waals surface area contributed by atoms with Gasteiger partial charge < -0.3 is 15.0 Å². The van der Waals surface area contributed by atoms with Crippen LogP contribution < -0.4 is 15.0 Å². The average molecular weight is 276 g/mol. The third-order valence-electron chi connectivity index (χ3n) is 3.55. The number of hydrogen-bond donors (Lipinski definition) is 1. The fraction of sp³-hybridized carbons (Fsp3) is 0.467. The van der Waals surface area contributed by atoms with Crippen molar-refractivity contribution in [1.29, 1.82) is 0 Å². The zero-order valence-electron chi connectivity index (χ0n) is 12.3. The molecule has 2 atom stereocenters. The van der Waals surface area contributed by atoms with Crippen LogP contribution in [0.15, 0.2) is 18.2 Å². The molecule has 5 nitrogen and oxygen atoms in total. The minimum Gasteiger partial charge on any atom is -0.479 e. The van der Waals surface area contributed by atoms with E-state index < -0.39 is 6.10 Å². The molecule has 5 heteroatoms. The zero-order chi connectivity index (χ0) is 14.9. The van der Waals surface area contributed by atoms with Crippen molar-refractivity contribution < 1.29 is 14.3 Å². The Morgan fingerprint density at radius 3 is 2.85 bits per heavy atom. The number of fused-ring (bicyclic) bond motifs is 1. The van der Waals surface area contributed by atoms with Crippen molar-refractivity contribution in [2.75, 3.05) is 11.9 Å². The summed E-state index contributed by atoms with van der Waals surface area (Å²) in [6.07, 6.45) is 0.377. The highest BCUT2D eigenvalue weighted by Crippen LogP contribution is 2.33. The van der Waals surface area contributed by atoms with E-state index in [2.05, 4.69) is 5.32 Å². The number of nitrogens with zero attached hydrogens (tertiary/aromatic N) is 1. The Morgan fingerprint density at radius 1 is 1.50 bits per heavy atom. The number of likely N-dealkylation sites (N-methyl/N-ethyl adjacent to an activating group) is 1. The Bertz CT molecular complexity index is 542. The fourth-order valence-corrected chi connectivity index (χ4v) is 2.06. The average Bonchev–Trinajstić information content (AvgIpc) is 2.44. The first-order chi connectivity index (χ1) is 9.43. The van der Waals surface area contributed by atoms with Crippen molar-refractivity contribution >= 4 is 17.5 Å². The fourth-order valence-electron chi connectivity index (χ4n) is 2.06. The minimum absolute atomic E-state index is 0.114. The van der Waals surface area contributed by atoms with Gasteiger partial charge in [-0.3, -0.25) is 9.59 Å². The van der Waals surface area contributed by atoms with Crippen LogP contribution in [0.5, 0.6) is 5.75 Å². The molecule has 108 valence electrons. The highest BCUT2D eigenvalue weighted by molar-refractivity contribution is 6.02. The molecule has 0 spiro atoms. The first-order valence-corrected chi connectivity index (χ1v) is 6.83. The van der Waals surface area contributed by atoms with Crippen molar-refractivity contribution in [1.82, 2.24) is 5.32 Å². The summed E-state index contributed by atoms with van der Waals surface area (Å²) in [6.45, 7) is 5.68. The number of hydrogen-bond acceptors (Lipinski definition) is 3. The molecule has 1 N–H and O–H groups in total. The van der Waals surface area contributed by atoms with Crippen LogP contribution in [-0.2, 0) is 4.79 Å². The van der Waals surface area contributed by atoms with Crippen molar-refractivity contribution in [3.63, 3.8) is 0 Å². The number of ether oxygens (including phenoxy) is 1. The second kappa shape index (κ2) is 5.53. The molecule has 0 saturated heterocycles. The van der Waals surface area contributed by atoms with Crippen LogP contribution in [0.2, 0.25) is 0 Å². The number of rotatable bonds is 3. The standard InChI is InChI=1S/C15H20N2O3/c1-5-9(2)16-14(18)11-6-7-13-12(8-11)17(4)15(19)10(3)20-13/h6-10H,5H2,1-4H3,(H,16,18). The molecule has 1 aliphatic rings. The maximum Gasteiger partial charge on any atom is 0.267 e. The van der Waals surface area contributed by atoms with Gasteiger partial charge in [0.05, 0.1) is 5.69 Å². The molecule has 0 aliphatic carbocycles.